The Morgan fingerprint density at radius 3 is 2.84 bits per heavy atom. The molecule has 0 radical (unpaired) electrons. The zero-order valence-electron chi connectivity index (χ0n) is 11.4. The lowest BCUT2D eigenvalue weighted by molar-refractivity contribution is -0.138. The van der Waals surface area contributed by atoms with Crippen molar-refractivity contribution in [2.24, 2.45) is 5.92 Å². The van der Waals surface area contributed by atoms with Gasteiger partial charge in [0, 0.05) is 18.3 Å². The van der Waals surface area contributed by atoms with E-state index in [4.69, 9.17) is 0 Å². The maximum atomic E-state index is 11.4. The van der Waals surface area contributed by atoms with Crippen LogP contribution in [0.3, 0.4) is 0 Å². The van der Waals surface area contributed by atoms with Gasteiger partial charge in [-0.25, -0.2) is 0 Å². The molecule has 1 heterocycles. The van der Waals surface area contributed by atoms with E-state index in [9.17, 15) is 9.90 Å². The number of rotatable bonds is 2. The summed E-state index contributed by atoms with van der Waals surface area (Å²) >= 11 is 0. The van der Waals surface area contributed by atoms with E-state index < -0.39 is 5.97 Å². The third-order valence-electron chi connectivity index (χ3n) is 4.65. The summed E-state index contributed by atoms with van der Waals surface area (Å²) in [5, 5.41) is 9.40. The van der Waals surface area contributed by atoms with E-state index in [2.05, 4.69) is 17.9 Å². The summed E-state index contributed by atoms with van der Waals surface area (Å²) in [5.41, 5.74) is 2.14. The average molecular weight is 259 g/mol. The van der Waals surface area contributed by atoms with E-state index in [1.807, 2.05) is 18.2 Å². The molecule has 3 unspecified atom stereocenters. The lowest BCUT2D eigenvalue weighted by atomic mass is 9.86. The summed E-state index contributed by atoms with van der Waals surface area (Å²) in [6.07, 6.45) is 4.97. The van der Waals surface area contributed by atoms with Crippen molar-refractivity contribution < 1.29 is 9.90 Å². The van der Waals surface area contributed by atoms with Crippen molar-refractivity contribution in [1.82, 2.24) is 0 Å². The number of hydrogen-bond acceptors (Lipinski definition) is 2. The van der Waals surface area contributed by atoms with Gasteiger partial charge in [-0.2, -0.15) is 0 Å². The molecular formula is C16H21NO2. The highest BCUT2D eigenvalue weighted by Crippen LogP contribution is 2.40. The van der Waals surface area contributed by atoms with E-state index in [-0.39, 0.29) is 5.92 Å². The van der Waals surface area contributed by atoms with E-state index in [1.165, 1.54) is 25.7 Å². The van der Waals surface area contributed by atoms with Gasteiger partial charge in [0.05, 0.1) is 0 Å². The molecule has 0 bridgehead atoms. The zero-order chi connectivity index (χ0) is 13.4. The Bertz CT molecular complexity index is 485. The van der Waals surface area contributed by atoms with E-state index >= 15 is 0 Å². The average Bonchev–Trinajstić information content (AvgIpc) is 2.78. The Morgan fingerprint density at radius 1 is 1.32 bits per heavy atom. The van der Waals surface area contributed by atoms with Gasteiger partial charge in [0.15, 0.2) is 0 Å². The molecule has 102 valence electrons. The first-order chi connectivity index (χ1) is 9.16. The third-order valence-corrected chi connectivity index (χ3v) is 4.65. The number of carboxylic acid groups (broad SMARTS) is 1. The molecule has 3 rings (SSSR count). The fraction of sp³-hybridized carbons (Fsp3) is 0.562. The molecule has 3 nitrogen and oxygen atoms in total. The number of hydrogen-bond donors (Lipinski definition) is 1. The second-order valence-electron chi connectivity index (χ2n) is 6.03. The number of carboxylic acids is 1. The molecule has 1 aliphatic heterocycles. The minimum Gasteiger partial charge on any atom is -0.481 e. The van der Waals surface area contributed by atoms with Crippen molar-refractivity contribution in [1.29, 1.82) is 0 Å². The molecule has 1 aromatic carbocycles. The highest BCUT2D eigenvalue weighted by Gasteiger charge is 2.37. The van der Waals surface area contributed by atoms with Gasteiger partial charge in [0.2, 0.25) is 0 Å². The molecule has 0 saturated heterocycles. The van der Waals surface area contributed by atoms with Gasteiger partial charge < -0.3 is 10.0 Å². The lowest BCUT2D eigenvalue weighted by Gasteiger charge is -2.36. The van der Waals surface area contributed by atoms with E-state index in [0.29, 0.717) is 12.6 Å². The van der Waals surface area contributed by atoms with Crippen molar-refractivity contribution in [3.8, 4) is 0 Å². The van der Waals surface area contributed by atoms with Gasteiger partial charge in [-0.05, 0) is 30.4 Å². The van der Waals surface area contributed by atoms with Crippen LogP contribution in [-0.2, 0) is 4.79 Å². The molecule has 0 spiro atoms. The smallest absolute Gasteiger partial charge is 0.312 e. The van der Waals surface area contributed by atoms with Gasteiger partial charge in [-0.15, -0.1) is 0 Å². The van der Waals surface area contributed by atoms with Crippen LogP contribution >= 0.6 is 0 Å². The molecule has 1 N–H and O–H groups in total. The second-order valence-corrected chi connectivity index (χ2v) is 6.03. The van der Waals surface area contributed by atoms with Crippen LogP contribution in [0.25, 0.3) is 0 Å². The number of benzene rings is 1. The van der Waals surface area contributed by atoms with Gasteiger partial charge in [-0.1, -0.05) is 38.0 Å². The maximum Gasteiger partial charge on any atom is 0.312 e. The highest BCUT2D eigenvalue weighted by molar-refractivity contribution is 5.83. The van der Waals surface area contributed by atoms with Crippen LogP contribution in [0.5, 0.6) is 0 Å². The molecule has 3 heteroatoms. The zero-order valence-corrected chi connectivity index (χ0v) is 11.4. The normalized spacial score (nSPS) is 30.2. The summed E-state index contributed by atoms with van der Waals surface area (Å²) in [4.78, 5) is 13.8. The molecule has 2 aliphatic rings. The number of fused-ring (bicyclic) bond motifs is 1. The Hall–Kier alpha value is -1.51. The predicted molar refractivity (Wildman–Crippen MR) is 75.6 cm³/mol. The van der Waals surface area contributed by atoms with Crippen LogP contribution in [0.15, 0.2) is 24.3 Å². The second kappa shape index (κ2) is 4.87. The number of anilines is 1. The summed E-state index contributed by atoms with van der Waals surface area (Å²) in [5.74, 6) is -0.290. The highest BCUT2D eigenvalue weighted by atomic mass is 16.4. The molecule has 0 aromatic heterocycles. The van der Waals surface area contributed by atoms with Gasteiger partial charge in [0.25, 0.3) is 0 Å². The van der Waals surface area contributed by atoms with Crippen molar-refractivity contribution >= 4 is 11.7 Å². The molecule has 1 saturated carbocycles. The van der Waals surface area contributed by atoms with Crippen molar-refractivity contribution in [2.75, 3.05) is 11.4 Å². The summed E-state index contributed by atoms with van der Waals surface area (Å²) < 4.78 is 0. The van der Waals surface area contributed by atoms with E-state index in [1.54, 1.807) is 0 Å². The maximum absolute atomic E-state index is 11.4. The van der Waals surface area contributed by atoms with Crippen molar-refractivity contribution in [3.63, 3.8) is 0 Å². The Balaban J connectivity index is 1.90. The minimum atomic E-state index is -0.696. The first-order valence-corrected chi connectivity index (χ1v) is 7.25. The van der Waals surface area contributed by atoms with Gasteiger partial charge >= 0.3 is 5.97 Å². The lowest BCUT2D eigenvalue weighted by Crippen LogP contribution is -2.38. The number of carbonyl (C=O) groups is 1. The number of nitrogens with zero attached hydrogens (tertiary/aromatic N) is 1. The number of para-hydroxylation sites is 1. The molecular weight excluding hydrogens is 238 g/mol. The number of aliphatic carboxylic acids is 1. The fourth-order valence-electron chi connectivity index (χ4n) is 3.68. The summed E-state index contributed by atoms with van der Waals surface area (Å²) in [7, 11) is 0. The fourth-order valence-corrected chi connectivity index (χ4v) is 3.68. The van der Waals surface area contributed by atoms with Crippen LogP contribution in [0.2, 0.25) is 0 Å². The minimum absolute atomic E-state index is 0.353. The third kappa shape index (κ3) is 2.22. The van der Waals surface area contributed by atoms with Gasteiger partial charge in [-0.3, -0.25) is 4.79 Å². The van der Waals surface area contributed by atoms with Crippen LogP contribution in [0.4, 0.5) is 5.69 Å². The van der Waals surface area contributed by atoms with Crippen molar-refractivity contribution in [2.45, 2.75) is 44.6 Å². The van der Waals surface area contributed by atoms with Crippen LogP contribution in [0, 0.1) is 5.92 Å². The largest absolute Gasteiger partial charge is 0.481 e. The van der Waals surface area contributed by atoms with Crippen LogP contribution in [0.1, 0.15) is 44.1 Å². The Morgan fingerprint density at radius 2 is 2.11 bits per heavy atom. The van der Waals surface area contributed by atoms with Crippen LogP contribution < -0.4 is 4.90 Å². The molecule has 1 fully saturated rings. The molecule has 19 heavy (non-hydrogen) atoms. The Labute approximate surface area is 114 Å². The van der Waals surface area contributed by atoms with Gasteiger partial charge in [0.1, 0.15) is 5.92 Å². The molecule has 3 atom stereocenters. The standard InChI is InChI=1S/C16H21NO2/c1-11-5-4-6-12(9-11)17-10-14(16(18)19)13-7-2-3-8-15(13)17/h2-3,7-8,11-12,14H,4-6,9-10H2,1H3,(H,18,19). The molecule has 1 aliphatic carbocycles. The molecule has 1 aromatic rings. The monoisotopic (exact) mass is 259 g/mol. The molecule has 0 amide bonds. The topological polar surface area (TPSA) is 40.5 Å². The quantitative estimate of drug-likeness (QED) is 0.886. The predicted octanol–water partition coefficient (Wildman–Crippen LogP) is 3.25. The Kier molecular flexibility index (Phi) is 3.21. The first-order valence-electron chi connectivity index (χ1n) is 7.25. The summed E-state index contributed by atoms with van der Waals surface area (Å²) in [6.45, 7) is 2.95. The van der Waals surface area contributed by atoms with E-state index in [0.717, 1.165) is 17.2 Å². The SMILES string of the molecule is CC1CCCC(N2CC(C(=O)O)c3ccccc32)C1. The van der Waals surface area contributed by atoms with Crippen LogP contribution in [-0.4, -0.2) is 23.7 Å². The summed E-state index contributed by atoms with van der Waals surface area (Å²) in [6, 6.07) is 8.54. The first kappa shape index (κ1) is 12.5. The van der Waals surface area contributed by atoms with Crippen molar-refractivity contribution in [3.05, 3.63) is 29.8 Å².